The van der Waals surface area contributed by atoms with Crippen LogP contribution in [-0.4, -0.2) is 12.5 Å². The van der Waals surface area contributed by atoms with Crippen molar-refractivity contribution in [2.75, 3.05) is 17.2 Å². The van der Waals surface area contributed by atoms with Gasteiger partial charge in [-0.3, -0.25) is 4.79 Å². The van der Waals surface area contributed by atoms with Crippen LogP contribution in [0.4, 0.5) is 11.4 Å². The van der Waals surface area contributed by atoms with E-state index in [0.29, 0.717) is 11.3 Å². The third kappa shape index (κ3) is 1.87. The predicted octanol–water partition coefficient (Wildman–Crippen LogP) is 2.78. The molecule has 0 aromatic heterocycles. The van der Waals surface area contributed by atoms with Crippen LogP contribution in [0.15, 0.2) is 42.5 Å². The summed E-state index contributed by atoms with van der Waals surface area (Å²) in [5, 5.41) is 0. The van der Waals surface area contributed by atoms with Gasteiger partial charge < -0.3 is 10.6 Å². The molecular formula is C16H16N2O. The van der Waals surface area contributed by atoms with Crippen molar-refractivity contribution in [2.24, 2.45) is 0 Å². The van der Waals surface area contributed by atoms with Crippen LogP contribution in [0.3, 0.4) is 0 Å². The summed E-state index contributed by atoms with van der Waals surface area (Å²) in [6, 6.07) is 13.6. The number of carbonyl (C=O) groups excluding carboxylic acids is 1. The van der Waals surface area contributed by atoms with Crippen molar-refractivity contribution in [2.45, 2.75) is 13.3 Å². The van der Waals surface area contributed by atoms with Gasteiger partial charge in [-0.25, -0.2) is 0 Å². The zero-order valence-electron chi connectivity index (χ0n) is 10.9. The van der Waals surface area contributed by atoms with Gasteiger partial charge in [0.15, 0.2) is 0 Å². The van der Waals surface area contributed by atoms with E-state index in [4.69, 9.17) is 5.73 Å². The second-order valence-electron chi connectivity index (χ2n) is 4.87. The molecule has 0 radical (unpaired) electrons. The molecule has 0 atom stereocenters. The van der Waals surface area contributed by atoms with Crippen LogP contribution in [0.25, 0.3) is 0 Å². The fourth-order valence-electron chi connectivity index (χ4n) is 2.56. The maximum absolute atomic E-state index is 12.6. The number of hydrogen-bond donors (Lipinski definition) is 1. The highest BCUT2D eigenvalue weighted by Gasteiger charge is 2.26. The van der Waals surface area contributed by atoms with Crippen LogP contribution >= 0.6 is 0 Å². The molecule has 0 unspecified atom stereocenters. The van der Waals surface area contributed by atoms with Gasteiger partial charge in [0, 0.05) is 17.9 Å². The first-order chi connectivity index (χ1) is 9.18. The number of nitrogen functional groups attached to an aromatic ring is 1. The standard InChI is InChI=1S/C16H16N2O/c1-11-5-4-7-13(15(11)17)16(19)18-10-9-12-6-2-3-8-14(12)18/h2-8H,9-10,17H2,1H3. The van der Waals surface area contributed by atoms with Crippen molar-refractivity contribution in [3.8, 4) is 0 Å². The van der Waals surface area contributed by atoms with E-state index in [1.807, 2.05) is 42.2 Å². The normalized spacial score (nSPS) is 13.4. The number of hydrogen-bond acceptors (Lipinski definition) is 2. The molecule has 0 fully saturated rings. The number of carbonyl (C=O) groups is 1. The Morgan fingerprint density at radius 1 is 1.16 bits per heavy atom. The average Bonchev–Trinajstić information content (AvgIpc) is 2.85. The van der Waals surface area contributed by atoms with Gasteiger partial charge in [-0.1, -0.05) is 30.3 Å². The number of aryl methyl sites for hydroxylation is 1. The summed E-state index contributed by atoms with van der Waals surface area (Å²) < 4.78 is 0. The minimum absolute atomic E-state index is 0.00819. The fourth-order valence-corrected chi connectivity index (χ4v) is 2.56. The lowest BCUT2D eigenvalue weighted by atomic mass is 10.1. The Balaban J connectivity index is 2.00. The van der Waals surface area contributed by atoms with Gasteiger partial charge >= 0.3 is 0 Å². The lowest BCUT2D eigenvalue weighted by Gasteiger charge is -2.19. The van der Waals surface area contributed by atoms with Gasteiger partial charge in [0.05, 0.1) is 5.56 Å². The number of nitrogens with zero attached hydrogens (tertiary/aromatic N) is 1. The first-order valence-corrected chi connectivity index (χ1v) is 6.43. The highest BCUT2D eigenvalue weighted by molar-refractivity contribution is 6.10. The molecule has 19 heavy (non-hydrogen) atoms. The minimum atomic E-state index is -0.00819. The summed E-state index contributed by atoms with van der Waals surface area (Å²) in [6.45, 7) is 2.65. The smallest absolute Gasteiger partial charge is 0.260 e. The molecule has 1 amide bonds. The second kappa shape index (κ2) is 4.43. The first-order valence-electron chi connectivity index (χ1n) is 6.43. The van der Waals surface area contributed by atoms with E-state index in [2.05, 4.69) is 6.07 Å². The second-order valence-corrected chi connectivity index (χ2v) is 4.87. The summed E-state index contributed by atoms with van der Waals surface area (Å²) in [6.07, 6.45) is 0.910. The van der Waals surface area contributed by atoms with E-state index in [9.17, 15) is 4.79 Å². The summed E-state index contributed by atoms with van der Waals surface area (Å²) in [5.41, 5.74) is 10.4. The molecule has 0 saturated heterocycles. The summed E-state index contributed by atoms with van der Waals surface area (Å²) >= 11 is 0. The van der Waals surface area contributed by atoms with Crippen LogP contribution in [-0.2, 0) is 6.42 Å². The van der Waals surface area contributed by atoms with Crippen LogP contribution in [0.1, 0.15) is 21.5 Å². The van der Waals surface area contributed by atoms with Crippen molar-refractivity contribution in [3.63, 3.8) is 0 Å². The minimum Gasteiger partial charge on any atom is -0.398 e. The number of para-hydroxylation sites is 2. The number of nitrogens with two attached hydrogens (primary N) is 1. The van der Waals surface area contributed by atoms with Crippen molar-refractivity contribution >= 4 is 17.3 Å². The van der Waals surface area contributed by atoms with Crippen LogP contribution in [0, 0.1) is 6.92 Å². The Morgan fingerprint density at radius 3 is 2.79 bits per heavy atom. The number of rotatable bonds is 1. The van der Waals surface area contributed by atoms with E-state index in [0.717, 1.165) is 24.2 Å². The number of amides is 1. The molecule has 2 aromatic rings. The van der Waals surface area contributed by atoms with Gasteiger partial charge in [-0.2, -0.15) is 0 Å². The Labute approximate surface area is 112 Å². The van der Waals surface area contributed by atoms with Crippen LogP contribution < -0.4 is 10.6 Å². The number of anilines is 2. The SMILES string of the molecule is Cc1cccc(C(=O)N2CCc3ccccc32)c1N. The Bertz CT molecular complexity index is 649. The van der Waals surface area contributed by atoms with Gasteiger partial charge in [-0.15, -0.1) is 0 Å². The zero-order chi connectivity index (χ0) is 13.4. The molecule has 0 spiro atoms. The quantitative estimate of drug-likeness (QED) is 0.793. The molecule has 0 saturated carbocycles. The topological polar surface area (TPSA) is 46.3 Å². The van der Waals surface area contributed by atoms with Gasteiger partial charge in [0.25, 0.3) is 5.91 Å². The van der Waals surface area contributed by atoms with Crippen molar-refractivity contribution in [3.05, 3.63) is 59.2 Å². The largest absolute Gasteiger partial charge is 0.398 e. The molecule has 96 valence electrons. The molecular weight excluding hydrogens is 236 g/mol. The van der Waals surface area contributed by atoms with Crippen molar-refractivity contribution in [1.29, 1.82) is 0 Å². The van der Waals surface area contributed by atoms with Gasteiger partial charge in [-0.05, 0) is 36.6 Å². The third-order valence-electron chi connectivity index (χ3n) is 3.69. The molecule has 0 aliphatic carbocycles. The summed E-state index contributed by atoms with van der Waals surface area (Å²) in [4.78, 5) is 14.4. The monoisotopic (exact) mass is 252 g/mol. The predicted molar refractivity (Wildman–Crippen MR) is 77.4 cm³/mol. The van der Waals surface area contributed by atoms with E-state index < -0.39 is 0 Å². The average molecular weight is 252 g/mol. The maximum atomic E-state index is 12.6. The highest BCUT2D eigenvalue weighted by Crippen LogP contribution is 2.30. The fraction of sp³-hybridized carbons (Fsp3) is 0.188. The molecule has 1 aliphatic rings. The molecule has 0 bridgehead atoms. The van der Waals surface area contributed by atoms with E-state index in [1.54, 1.807) is 6.07 Å². The molecule has 1 heterocycles. The summed E-state index contributed by atoms with van der Waals surface area (Å²) in [5.74, 6) is -0.00819. The van der Waals surface area contributed by atoms with Crippen LogP contribution in [0.5, 0.6) is 0 Å². The van der Waals surface area contributed by atoms with Crippen molar-refractivity contribution in [1.82, 2.24) is 0 Å². The Hall–Kier alpha value is -2.29. The Kier molecular flexibility index (Phi) is 2.75. The van der Waals surface area contributed by atoms with Gasteiger partial charge in [0.1, 0.15) is 0 Å². The lowest BCUT2D eigenvalue weighted by molar-refractivity contribution is 0.0990. The molecule has 3 rings (SSSR count). The molecule has 2 aromatic carbocycles. The number of benzene rings is 2. The molecule has 3 heteroatoms. The van der Waals surface area contributed by atoms with E-state index in [1.165, 1.54) is 5.56 Å². The maximum Gasteiger partial charge on any atom is 0.260 e. The van der Waals surface area contributed by atoms with E-state index >= 15 is 0 Å². The lowest BCUT2D eigenvalue weighted by Crippen LogP contribution is -2.29. The van der Waals surface area contributed by atoms with Crippen molar-refractivity contribution < 1.29 is 4.79 Å². The molecule has 1 aliphatic heterocycles. The zero-order valence-corrected chi connectivity index (χ0v) is 10.9. The summed E-state index contributed by atoms with van der Waals surface area (Å²) in [7, 11) is 0. The van der Waals surface area contributed by atoms with Gasteiger partial charge in [0.2, 0.25) is 0 Å². The molecule has 3 nitrogen and oxygen atoms in total. The Morgan fingerprint density at radius 2 is 1.95 bits per heavy atom. The highest BCUT2D eigenvalue weighted by atomic mass is 16.2. The van der Waals surface area contributed by atoms with E-state index in [-0.39, 0.29) is 5.91 Å². The third-order valence-corrected chi connectivity index (χ3v) is 3.69. The van der Waals surface area contributed by atoms with Crippen LogP contribution in [0.2, 0.25) is 0 Å². The first kappa shape index (κ1) is 11.8. The number of fused-ring (bicyclic) bond motifs is 1. The molecule has 2 N–H and O–H groups in total.